The minimum atomic E-state index is -0.405. The third-order valence-electron chi connectivity index (χ3n) is 3.27. The maximum absolute atomic E-state index is 12.3. The topological polar surface area (TPSA) is 63.4 Å². The van der Waals surface area contributed by atoms with Crippen molar-refractivity contribution < 1.29 is 14.0 Å². The van der Waals surface area contributed by atoms with E-state index in [4.69, 9.17) is 4.42 Å². The number of carbonyl (C=O) groups excluding carboxylic acids is 2. The Balaban J connectivity index is 1.88. The van der Waals surface area contributed by atoms with Crippen molar-refractivity contribution in [2.45, 2.75) is 0 Å². The lowest BCUT2D eigenvalue weighted by Crippen LogP contribution is -2.29. The molecule has 0 saturated heterocycles. The number of benzene rings is 2. The Morgan fingerprint density at radius 2 is 1.45 bits per heavy atom. The first kappa shape index (κ1) is 10.9. The van der Waals surface area contributed by atoms with Crippen molar-refractivity contribution in [1.29, 1.82) is 0 Å². The highest BCUT2D eigenvalue weighted by atomic mass is 16.4. The summed E-state index contributed by atoms with van der Waals surface area (Å²) in [4.78, 5) is 29.8. The number of oxazole rings is 1. The molecule has 3 aromatic rings. The quantitative estimate of drug-likeness (QED) is 0.634. The molecule has 0 bridgehead atoms. The number of fused-ring (bicyclic) bond motifs is 2. The molecule has 0 atom stereocenters. The van der Waals surface area contributed by atoms with E-state index in [2.05, 4.69) is 4.98 Å². The lowest BCUT2D eigenvalue weighted by atomic mass is 10.1. The second kappa shape index (κ2) is 3.77. The van der Waals surface area contributed by atoms with Gasteiger partial charge in [-0.15, -0.1) is 0 Å². The minimum Gasteiger partial charge on any atom is -0.423 e. The van der Waals surface area contributed by atoms with Gasteiger partial charge in [0.25, 0.3) is 11.8 Å². The maximum atomic E-state index is 12.3. The Kier molecular flexibility index (Phi) is 2.06. The standard InChI is InChI=1S/C15H8N2O3/c18-13-9-5-1-2-6-10(9)14(19)17(13)15-16-11-7-3-4-8-12(11)20-15/h1-8H. The van der Waals surface area contributed by atoms with Crippen LogP contribution in [0.5, 0.6) is 0 Å². The summed E-state index contributed by atoms with van der Waals surface area (Å²) in [6, 6.07) is 13.8. The first-order valence-corrected chi connectivity index (χ1v) is 6.09. The van der Waals surface area contributed by atoms with Crippen LogP contribution in [0.4, 0.5) is 6.01 Å². The van der Waals surface area contributed by atoms with E-state index in [0.717, 1.165) is 4.90 Å². The highest BCUT2D eigenvalue weighted by Crippen LogP contribution is 2.29. The van der Waals surface area contributed by atoms with Crippen LogP contribution in [0.3, 0.4) is 0 Å². The van der Waals surface area contributed by atoms with Crippen molar-refractivity contribution in [1.82, 2.24) is 4.98 Å². The van der Waals surface area contributed by atoms with E-state index < -0.39 is 11.8 Å². The van der Waals surface area contributed by atoms with E-state index in [1.807, 2.05) is 6.07 Å². The van der Waals surface area contributed by atoms with Gasteiger partial charge in [-0.1, -0.05) is 24.3 Å². The molecule has 96 valence electrons. The minimum absolute atomic E-state index is 0.0115. The van der Waals surface area contributed by atoms with Crippen molar-refractivity contribution in [2.75, 3.05) is 4.90 Å². The molecule has 1 aliphatic heterocycles. The lowest BCUT2D eigenvalue weighted by Gasteiger charge is -2.06. The predicted octanol–water partition coefficient (Wildman–Crippen LogP) is 2.63. The maximum Gasteiger partial charge on any atom is 0.312 e. The van der Waals surface area contributed by atoms with Gasteiger partial charge in [0, 0.05) is 0 Å². The van der Waals surface area contributed by atoms with Gasteiger partial charge in [0.15, 0.2) is 5.58 Å². The van der Waals surface area contributed by atoms with Gasteiger partial charge in [0.05, 0.1) is 11.1 Å². The Labute approximate surface area is 113 Å². The van der Waals surface area contributed by atoms with Crippen LogP contribution in [0.2, 0.25) is 0 Å². The van der Waals surface area contributed by atoms with Crippen LogP contribution >= 0.6 is 0 Å². The molecule has 0 saturated carbocycles. The molecular weight excluding hydrogens is 256 g/mol. The molecule has 0 spiro atoms. The highest BCUT2D eigenvalue weighted by molar-refractivity contribution is 6.33. The molecule has 2 amide bonds. The summed E-state index contributed by atoms with van der Waals surface area (Å²) in [5, 5.41) is 0. The van der Waals surface area contributed by atoms with E-state index in [1.54, 1.807) is 42.5 Å². The van der Waals surface area contributed by atoms with Gasteiger partial charge in [-0.25, -0.2) is 0 Å². The molecule has 5 nitrogen and oxygen atoms in total. The SMILES string of the molecule is O=C1c2ccccc2C(=O)N1c1nc2ccccc2o1. The molecule has 1 aromatic heterocycles. The Morgan fingerprint density at radius 1 is 0.850 bits per heavy atom. The molecule has 4 rings (SSSR count). The Hall–Kier alpha value is -2.95. The predicted molar refractivity (Wildman–Crippen MR) is 71.6 cm³/mol. The first-order chi connectivity index (χ1) is 9.75. The van der Waals surface area contributed by atoms with Crippen LogP contribution in [0.25, 0.3) is 11.1 Å². The number of hydrogen-bond acceptors (Lipinski definition) is 4. The molecule has 0 unspecified atom stereocenters. The number of anilines is 1. The molecule has 1 aliphatic rings. The molecule has 0 fully saturated rings. The summed E-state index contributed by atoms with van der Waals surface area (Å²) < 4.78 is 5.50. The summed E-state index contributed by atoms with van der Waals surface area (Å²) in [6.45, 7) is 0. The van der Waals surface area contributed by atoms with Crippen LogP contribution in [0.15, 0.2) is 52.9 Å². The summed E-state index contributed by atoms with van der Waals surface area (Å²) in [6.07, 6.45) is 0. The van der Waals surface area contributed by atoms with Crippen molar-refractivity contribution in [3.8, 4) is 0 Å². The van der Waals surface area contributed by atoms with Gasteiger partial charge < -0.3 is 4.42 Å². The number of para-hydroxylation sites is 2. The third kappa shape index (κ3) is 1.34. The van der Waals surface area contributed by atoms with Crippen LogP contribution in [0, 0.1) is 0 Å². The van der Waals surface area contributed by atoms with Crippen LogP contribution in [-0.4, -0.2) is 16.8 Å². The number of hydrogen-bond donors (Lipinski definition) is 0. The third-order valence-corrected chi connectivity index (χ3v) is 3.27. The number of imide groups is 1. The molecule has 20 heavy (non-hydrogen) atoms. The Bertz CT molecular complexity index is 798. The van der Waals surface area contributed by atoms with Gasteiger partial charge in [0.2, 0.25) is 0 Å². The van der Waals surface area contributed by atoms with Crippen molar-refractivity contribution >= 4 is 28.9 Å². The summed E-state index contributed by atoms with van der Waals surface area (Å²) in [5.74, 6) is -0.811. The van der Waals surface area contributed by atoms with Crippen LogP contribution in [-0.2, 0) is 0 Å². The van der Waals surface area contributed by atoms with Crippen molar-refractivity contribution in [3.05, 3.63) is 59.7 Å². The van der Waals surface area contributed by atoms with Crippen molar-refractivity contribution in [3.63, 3.8) is 0 Å². The zero-order valence-electron chi connectivity index (χ0n) is 10.2. The molecule has 5 heteroatoms. The zero-order chi connectivity index (χ0) is 13.7. The molecule has 0 radical (unpaired) electrons. The largest absolute Gasteiger partial charge is 0.423 e. The number of aromatic nitrogens is 1. The smallest absolute Gasteiger partial charge is 0.312 e. The zero-order valence-corrected chi connectivity index (χ0v) is 10.2. The molecule has 0 N–H and O–H groups in total. The summed E-state index contributed by atoms with van der Waals surface area (Å²) in [5.41, 5.74) is 1.90. The number of amides is 2. The fourth-order valence-corrected chi connectivity index (χ4v) is 2.32. The number of carbonyl (C=O) groups is 2. The number of nitrogens with zero attached hydrogens (tertiary/aromatic N) is 2. The number of rotatable bonds is 1. The molecule has 0 aliphatic carbocycles. The van der Waals surface area contributed by atoms with Crippen LogP contribution in [0.1, 0.15) is 20.7 Å². The van der Waals surface area contributed by atoms with Crippen LogP contribution < -0.4 is 4.90 Å². The molecule has 2 aromatic carbocycles. The van der Waals surface area contributed by atoms with Gasteiger partial charge in [-0.3, -0.25) is 9.59 Å². The van der Waals surface area contributed by atoms with E-state index in [1.165, 1.54) is 0 Å². The van der Waals surface area contributed by atoms with Gasteiger partial charge >= 0.3 is 6.01 Å². The fourth-order valence-electron chi connectivity index (χ4n) is 2.32. The first-order valence-electron chi connectivity index (χ1n) is 6.09. The monoisotopic (exact) mass is 264 g/mol. The normalized spacial score (nSPS) is 14.1. The Morgan fingerprint density at radius 3 is 2.10 bits per heavy atom. The van der Waals surface area contributed by atoms with Crippen molar-refractivity contribution in [2.24, 2.45) is 0 Å². The van der Waals surface area contributed by atoms with Gasteiger partial charge in [-0.2, -0.15) is 9.88 Å². The fraction of sp³-hybridized carbons (Fsp3) is 0. The molecular formula is C15H8N2O3. The van der Waals surface area contributed by atoms with E-state index in [9.17, 15) is 9.59 Å². The summed E-state index contributed by atoms with van der Waals surface area (Å²) in [7, 11) is 0. The molecule has 2 heterocycles. The second-order valence-electron chi connectivity index (χ2n) is 4.46. The van der Waals surface area contributed by atoms with E-state index >= 15 is 0 Å². The van der Waals surface area contributed by atoms with Gasteiger partial charge in [-0.05, 0) is 24.3 Å². The lowest BCUT2D eigenvalue weighted by molar-refractivity contribution is 0.0919. The van der Waals surface area contributed by atoms with E-state index in [0.29, 0.717) is 22.2 Å². The average molecular weight is 264 g/mol. The second-order valence-corrected chi connectivity index (χ2v) is 4.46. The summed E-state index contributed by atoms with van der Waals surface area (Å²) >= 11 is 0. The highest BCUT2D eigenvalue weighted by Gasteiger charge is 2.39. The van der Waals surface area contributed by atoms with E-state index in [-0.39, 0.29) is 6.01 Å². The average Bonchev–Trinajstić information content (AvgIpc) is 3.00. The van der Waals surface area contributed by atoms with Gasteiger partial charge in [0.1, 0.15) is 5.52 Å².